The maximum absolute atomic E-state index is 5.55. The van der Waals surface area contributed by atoms with E-state index in [0.29, 0.717) is 26.3 Å². The largest absolute Gasteiger partial charge is 0.491 e. The van der Waals surface area contributed by atoms with Gasteiger partial charge < -0.3 is 20.1 Å². The number of nitrogens with zero attached hydrogens (tertiary/aromatic N) is 2. The average molecular weight is 328 g/mol. The van der Waals surface area contributed by atoms with Crippen LogP contribution in [0, 0.1) is 0 Å². The highest BCUT2D eigenvalue weighted by Crippen LogP contribution is 2.11. The second-order valence-corrected chi connectivity index (χ2v) is 5.09. The number of ether oxygens (including phenoxy) is 2. The second kappa shape index (κ2) is 10.2. The summed E-state index contributed by atoms with van der Waals surface area (Å²) in [5.41, 5.74) is 2.12. The Morgan fingerprint density at radius 2 is 1.83 bits per heavy atom. The molecule has 0 amide bonds. The Morgan fingerprint density at radius 1 is 1.04 bits per heavy atom. The molecule has 0 radical (unpaired) electrons. The maximum Gasteiger partial charge on any atom is 0.191 e. The molecule has 0 bridgehead atoms. The van der Waals surface area contributed by atoms with Gasteiger partial charge in [-0.05, 0) is 29.8 Å². The van der Waals surface area contributed by atoms with Crippen LogP contribution in [0.3, 0.4) is 0 Å². The van der Waals surface area contributed by atoms with Crippen molar-refractivity contribution in [1.29, 1.82) is 0 Å². The van der Waals surface area contributed by atoms with Crippen molar-refractivity contribution in [2.24, 2.45) is 4.99 Å². The zero-order valence-corrected chi connectivity index (χ0v) is 14.2. The van der Waals surface area contributed by atoms with E-state index in [9.17, 15) is 0 Å². The standard InChI is InChI=1S/C18H24N4O2/c1-19-18(22-14-16-5-3-4-10-20-16)21-13-15-6-8-17(9-7-15)24-12-11-23-2/h3-10H,11-14H2,1-2H3,(H2,19,21,22). The lowest BCUT2D eigenvalue weighted by Gasteiger charge is -2.12. The Morgan fingerprint density at radius 3 is 2.50 bits per heavy atom. The van der Waals surface area contributed by atoms with Crippen molar-refractivity contribution in [3.63, 3.8) is 0 Å². The molecule has 2 N–H and O–H groups in total. The molecule has 0 saturated carbocycles. The zero-order chi connectivity index (χ0) is 17.0. The topological polar surface area (TPSA) is 67.8 Å². The van der Waals surface area contributed by atoms with Crippen LogP contribution in [0.5, 0.6) is 5.75 Å². The number of guanidine groups is 1. The van der Waals surface area contributed by atoms with E-state index in [1.54, 1.807) is 20.4 Å². The number of pyridine rings is 1. The summed E-state index contributed by atoms with van der Waals surface area (Å²) in [5, 5.41) is 6.52. The van der Waals surface area contributed by atoms with Gasteiger partial charge in [-0.2, -0.15) is 0 Å². The zero-order valence-electron chi connectivity index (χ0n) is 14.2. The first-order valence-electron chi connectivity index (χ1n) is 7.87. The molecule has 0 fully saturated rings. The van der Waals surface area contributed by atoms with Gasteiger partial charge >= 0.3 is 0 Å². The second-order valence-electron chi connectivity index (χ2n) is 5.09. The van der Waals surface area contributed by atoms with E-state index >= 15 is 0 Å². The number of benzene rings is 1. The van der Waals surface area contributed by atoms with Crippen LogP contribution in [0.4, 0.5) is 0 Å². The van der Waals surface area contributed by atoms with Crippen molar-refractivity contribution in [2.75, 3.05) is 27.4 Å². The molecule has 1 heterocycles. The summed E-state index contributed by atoms with van der Waals surface area (Å²) < 4.78 is 10.5. The van der Waals surface area contributed by atoms with E-state index in [2.05, 4.69) is 20.6 Å². The van der Waals surface area contributed by atoms with Crippen LogP contribution in [-0.4, -0.2) is 38.3 Å². The quantitative estimate of drug-likeness (QED) is 0.440. The molecule has 0 atom stereocenters. The van der Waals surface area contributed by atoms with Crippen molar-refractivity contribution in [3.05, 3.63) is 59.9 Å². The average Bonchev–Trinajstić information content (AvgIpc) is 2.64. The Balaban J connectivity index is 1.76. The Labute approximate surface area is 142 Å². The highest BCUT2D eigenvalue weighted by atomic mass is 16.5. The monoisotopic (exact) mass is 328 g/mol. The van der Waals surface area contributed by atoms with Crippen LogP contribution in [0.25, 0.3) is 0 Å². The summed E-state index contributed by atoms with van der Waals surface area (Å²) in [6, 6.07) is 13.8. The van der Waals surface area contributed by atoms with Gasteiger partial charge in [-0.3, -0.25) is 9.98 Å². The van der Waals surface area contributed by atoms with Gasteiger partial charge in [0.05, 0.1) is 18.8 Å². The number of hydrogen-bond acceptors (Lipinski definition) is 4. The number of methoxy groups -OCH3 is 1. The minimum Gasteiger partial charge on any atom is -0.491 e. The van der Waals surface area contributed by atoms with Crippen LogP contribution < -0.4 is 15.4 Å². The van der Waals surface area contributed by atoms with Gasteiger partial charge in [-0.15, -0.1) is 0 Å². The summed E-state index contributed by atoms with van der Waals surface area (Å²) in [6.07, 6.45) is 1.78. The molecule has 0 unspecified atom stereocenters. The summed E-state index contributed by atoms with van der Waals surface area (Å²) in [7, 11) is 3.41. The molecule has 2 aromatic rings. The van der Waals surface area contributed by atoms with E-state index in [1.165, 1.54) is 0 Å². The molecular formula is C18H24N4O2. The van der Waals surface area contributed by atoms with Gasteiger partial charge in [0, 0.05) is 26.9 Å². The smallest absolute Gasteiger partial charge is 0.191 e. The first-order valence-corrected chi connectivity index (χ1v) is 7.87. The summed E-state index contributed by atoms with van der Waals surface area (Å²) in [5.74, 6) is 1.58. The van der Waals surface area contributed by atoms with E-state index in [0.717, 1.165) is 23.0 Å². The highest BCUT2D eigenvalue weighted by Gasteiger charge is 2.00. The molecule has 1 aromatic carbocycles. The molecule has 6 nitrogen and oxygen atoms in total. The fourth-order valence-electron chi connectivity index (χ4n) is 2.03. The molecule has 0 aliphatic carbocycles. The molecule has 0 spiro atoms. The van der Waals surface area contributed by atoms with Crippen molar-refractivity contribution in [1.82, 2.24) is 15.6 Å². The van der Waals surface area contributed by atoms with E-state index in [1.807, 2.05) is 42.5 Å². The van der Waals surface area contributed by atoms with Gasteiger partial charge in [0.15, 0.2) is 5.96 Å². The fourth-order valence-corrected chi connectivity index (χ4v) is 2.03. The Bertz CT molecular complexity index is 615. The molecular weight excluding hydrogens is 304 g/mol. The van der Waals surface area contributed by atoms with Crippen LogP contribution in [0.2, 0.25) is 0 Å². The van der Waals surface area contributed by atoms with Gasteiger partial charge in [0.2, 0.25) is 0 Å². The molecule has 6 heteroatoms. The molecule has 0 aliphatic heterocycles. The van der Waals surface area contributed by atoms with Gasteiger partial charge in [-0.1, -0.05) is 18.2 Å². The lowest BCUT2D eigenvalue weighted by atomic mass is 10.2. The third kappa shape index (κ3) is 6.26. The summed E-state index contributed by atoms with van der Waals surface area (Å²) in [4.78, 5) is 8.49. The van der Waals surface area contributed by atoms with Crippen molar-refractivity contribution < 1.29 is 9.47 Å². The number of aliphatic imine (C=N–C) groups is 1. The minimum atomic E-state index is 0.554. The number of rotatable bonds is 8. The maximum atomic E-state index is 5.55. The van der Waals surface area contributed by atoms with Gasteiger partial charge in [-0.25, -0.2) is 0 Å². The highest BCUT2D eigenvalue weighted by molar-refractivity contribution is 5.79. The van der Waals surface area contributed by atoms with Crippen LogP contribution in [-0.2, 0) is 17.8 Å². The number of hydrogen-bond donors (Lipinski definition) is 2. The van der Waals surface area contributed by atoms with Crippen LogP contribution >= 0.6 is 0 Å². The third-order valence-corrected chi connectivity index (χ3v) is 3.33. The molecule has 0 aliphatic rings. The molecule has 128 valence electrons. The predicted molar refractivity (Wildman–Crippen MR) is 95.1 cm³/mol. The molecule has 2 rings (SSSR count). The van der Waals surface area contributed by atoms with Crippen molar-refractivity contribution in [3.8, 4) is 5.75 Å². The van der Waals surface area contributed by atoms with Crippen molar-refractivity contribution >= 4 is 5.96 Å². The first-order chi connectivity index (χ1) is 11.8. The summed E-state index contributed by atoms with van der Waals surface area (Å²) in [6.45, 7) is 2.45. The molecule has 24 heavy (non-hydrogen) atoms. The SMILES string of the molecule is CN=C(NCc1ccc(OCCOC)cc1)NCc1ccccn1. The van der Waals surface area contributed by atoms with Crippen LogP contribution in [0.15, 0.2) is 53.7 Å². The Hall–Kier alpha value is -2.60. The van der Waals surface area contributed by atoms with Gasteiger partial charge in [0.25, 0.3) is 0 Å². The van der Waals surface area contributed by atoms with E-state index in [4.69, 9.17) is 9.47 Å². The predicted octanol–water partition coefficient (Wildman–Crippen LogP) is 1.97. The summed E-state index contributed by atoms with van der Waals surface area (Å²) >= 11 is 0. The minimum absolute atomic E-state index is 0.554. The fraction of sp³-hybridized carbons (Fsp3) is 0.333. The number of aromatic nitrogens is 1. The van der Waals surface area contributed by atoms with E-state index in [-0.39, 0.29) is 0 Å². The van der Waals surface area contributed by atoms with Crippen molar-refractivity contribution in [2.45, 2.75) is 13.1 Å². The van der Waals surface area contributed by atoms with E-state index < -0.39 is 0 Å². The Kier molecular flexibility index (Phi) is 7.56. The van der Waals surface area contributed by atoms with Gasteiger partial charge in [0.1, 0.15) is 12.4 Å². The molecule has 1 aromatic heterocycles. The first kappa shape index (κ1) is 17.7. The lowest BCUT2D eigenvalue weighted by molar-refractivity contribution is 0.146. The van der Waals surface area contributed by atoms with Crippen LogP contribution in [0.1, 0.15) is 11.3 Å². The normalized spacial score (nSPS) is 11.2. The lowest BCUT2D eigenvalue weighted by Crippen LogP contribution is -2.36. The third-order valence-electron chi connectivity index (χ3n) is 3.33. The molecule has 0 saturated heterocycles. The number of nitrogens with one attached hydrogen (secondary N) is 2.